The predicted molar refractivity (Wildman–Crippen MR) is 102 cm³/mol. The zero-order chi connectivity index (χ0) is 17.4. The van der Waals surface area contributed by atoms with Crippen molar-refractivity contribution < 1.29 is 14.3 Å². The van der Waals surface area contributed by atoms with Gasteiger partial charge in [0.05, 0.1) is 19.3 Å². The van der Waals surface area contributed by atoms with Gasteiger partial charge in [0, 0.05) is 19.6 Å². The van der Waals surface area contributed by atoms with E-state index in [0.717, 1.165) is 5.56 Å². The summed E-state index contributed by atoms with van der Waals surface area (Å²) in [5, 5.41) is 4.51. The fourth-order valence-corrected chi connectivity index (χ4v) is 3.06. The van der Waals surface area contributed by atoms with E-state index in [1.807, 2.05) is 35.2 Å². The molecule has 2 rings (SSSR count). The second-order valence-electron chi connectivity index (χ2n) is 5.19. The number of carbonyl (C=O) groups excluding carboxylic acids is 2. The topological polar surface area (TPSA) is 84.7 Å². The van der Waals surface area contributed by atoms with Crippen molar-refractivity contribution in [3.63, 3.8) is 0 Å². The van der Waals surface area contributed by atoms with Gasteiger partial charge in [0.25, 0.3) is 0 Å². The van der Waals surface area contributed by atoms with Crippen molar-refractivity contribution in [1.29, 1.82) is 0 Å². The van der Waals surface area contributed by atoms with Crippen LogP contribution in [0.3, 0.4) is 0 Å². The molecule has 1 amide bonds. The average Bonchev–Trinajstić information content (AvgIpc) is 3.03. The van der Waals surface area contributed by atoms with Crippen molar-refractivity contribution in [1.82, 2.24) is 4.90 Å². The number of benzene rings is 1. The lowest BCUT2D eigenvalue weighted by molar-refractivity contribution is -0.117. The summed E-state index contributed by atoms with van der Waals surface area (Å²) in [6.07, 6.45) is 0. The number of halogens is 1. The molecule has 136 valence electrons. The van der Waals surface area contributed by atoms with Gasteiger partial charge in [-0.2, -0.15) is 0 Å². The second-order valence-corrected chi connectivity index (χ2v) is 6.10. The van der Waals surface area contributed by atoms with Crippen LogP contribution < -0.4 is 11.1 Å². The van der Waals surface area contributed by atoms with Gasteiger partial charge in [-0.1, -0.05) is 30.3 Å². The van der Waals surface area contributed by atoms with Crippen molar-refractivity contribution in [2.24, 2.45) is 5.73 Å². The number of rotatable bonds is 8. The van der Waals surface area contributed by atoms with Crippen molar-refractivity contribution in [3.05, 3.63) is 52.2 Å². The highest BCUT2D eigenvalue weighted by molar-refractivity contribution is 7.12. The second kappa shape index (κ2) is 10.8. The number of hydrogen-bond acceptors (Lipinski definition) is 6. The van der Waals surface area contributed by atoms with Crippen LogP contribution in [0.4, 0.5) is 5.69 Å². The van der Waals surface area contributed by atoms with Gasteiger partial charge in [-0.3, -0.25) is 9.69 Å². The van der Waals surface area contributed by atoms with Crippen LogP contribution in [-0.4, -0.2) is 43.5 Å². The summed E-state index contributed by atoms with van der Waals surface area (Å²) >= 11 is 1.23. The molecule has 0 aliphatic rings. The smallest absolute Gasteiger partial charge is 0.350 e. The number of nitrogens with zero attached hydrogens (tertiary/aromatic N) is 1. The molecular formula is C17H22ClN3O3S. The van der Waals surface area contributed by atoms with E-state index in [-0.39, 0.29) is 24.9 Å². The first-order valence-corrected chi connectivity index (χ1v) is 8.44. The van der Waals surface area contributed by atoms with Crippen LogP contribution in [0.1, 0.15) is 15.2 Å². The van der Waals surface area contributed by atoms with Gasteiger partial charge >= 0.3 is 5.97 Å². The van der Waals surface area contributed by atoms with Gasteiger partial charge in [-0.15, -0.1) is 23.7 Å². The zero-order valence-electron chi connectivity index (χ0n) is 13.9. The molecule has 1 aromatic carbocycles. The van der Waals surface area contributed by atoms with Gasteiger partial charge in [-0.05, 0) is 17.0 Å². The Bertz CT molecular complexity index is 679. The molecule has 0 bridgehead atoms. The van der Waals surface area contributed by atoms with E-state index in [9.17, 15) is 9.59 Å². The first-order chi connectivity index (χ1) is 11.6. The van der Waals surface area contributed by atoms with Gasteiger partial charge in [0.1, 0.15) is 4.88 Å². The minimum Gasteiger partial charge on any atom is -0.465 e. The Kier molecular flexibility index (Phi) is 9.15. The Hall–Kier alpha value is -1.93. The Balaban J connectivity index is 0.00000312. The number of anilines is 1. The molecule has 25 heavy (non-hydrogen) atoms. The summed E-state index contributed by atoms with van der Waals surface area (Å²) in [6.45, 7) is 1.91. The highest BCUT2D eigenvalue weighted by Crippen LogP contribution is 2.23. The maximum absolute atomic E-state index is 12.3. The molecule has 3 N–H and O–H groups in total. The number of nitrogens with one attached hydrogen (secondary N) is 1. The molecule has 0 spiro atoms. The number of carbonyl (C=O) groups is 2. The quantitative estimate of drug-likeness (QED) is 0.683. The molecule has 2 aromatic rings. The van der Waals surface area contributed by atoms with Crippen molar-refractivity contribution in [2.45, 2.75) is 6.54 Å². The van der Waals surface area contributed by atoms with Gasteiger partial charge in [0.15, 0.2) is 0 Å². The zero-order valence-corrected chi connectivity index (χ0v) is 15.6. The van der Waals surface area contributed by atoms with E-state index >= 15 is 0 Å². The van der Waals surface area contributed by atoms with Crippen LogP contribution in [0.15, 0.2) is 41.8 Å². The molecule has 8 heteroatoms. The summed E-state index contributed by atoms with van der Waals surface area (Å²) in [6, 6.07) is 11.6. The van der Waals surface area contributed by atoms with E-state index in [2.05, 4.69) is 5.32 Å². The number of amides is 1. The molecule has 0 radical (unpaired) electrons. The molecule has 0 fully saturated rings. The number of methoxy groups -OCH3 is 1. The van der Waals surface area contributed by atoms with Crippen LogP contribution in [0.5, 0.6) is 0 Å². The minimum absolute atomic E-state index is 0. The maximum Gasteiger partial charge on any atom is 0.350 e. The molecule has 1 heterocycles. The summed E-state index contributed by atoms with van der Waals surface area (Å²) in [5.41, 5.74) is 7.24. The van der Waals surface area contributed by atoms with Crippen molar-refractivity contribution >= 4 is 41.3 Å². The minimum atomic E-state index is -0.455. The molecule has 6 nitrogen and oxygen atoms in total. The van der Waals surface area contributed by atoms with Crippen LogP contribution in [0.25, 0.3) is 0 Å². The summed E-state index contributed by atoms with van der Waals surface area (Å²) in [7, 11) is 1.32. The first-order valence-electron chi connectivity index (χ1n) is 7.56. The highest BCUT2D eigenvalue weighted by atomic mass is 35.5. The Morgan fingerprint density at radius 2 is 1.96 bits per heavy atom. The Morgan fingerprint density at radius 3 is 2.60 bits per heavy atom. The van der Waals surface area contributed by atoms with E-state index in [0.29, 0.717) is 30.2 Å². The van der Waals surface area contributed by atoms with Crippen LogP contribution >= 0.6 is 23.7 Å². The number of esters is 1. The normalized spacial score (nSPS) is 10.2. The molecule has 0 aliphatic carbocycles. The standard InChI is InChI=1S/C17H21N3O3S.ClH/c1-23-17(22)16-14(7-10-24-16)19-15(21)12-20(9-8-18)11-13-5-3-2-4-6-13;/h2-7,10H,8-9,11-12,18H2,1H3,(H,19,21);1H. The van der Waals surface area contributed by atoms with Crippen molar-refractivity contribution in [3.8, 4) is 0 Å². The lowest BCUT2D eigenvalue weighted by Gasteiger charge is -2.21. The van der Waals surface area contributed by atoms with E-state index in [1.165, 1.54) is 18.4 Å². The van der Waals surface area contributed by atoms with Crippen LogP contribution in [-0.2, 0) is 16.1 Å². The third kappa shape index (κ3) is 6.47. The molecule has 0 saturated heterocycles. The SMILES string of the molecule is COC(=O)c1sccc1NC(=O)CN(CCN)Cc1ccccc1.Cl. The predicted octanol–water partition coefficient (Wildman–Crippen LogP) is 2.36. The summed E-state index contributed by atoms with van der Waals surface area (Å²) in [4.78, 5) is 26.3. The largest absolute Gasteiger partial charge is 0.465 e. The Morgan fingerprint density at radius 1 is 1.24 bits per heavy atom. The number of ether oxygens (including phenoxy) is 1. The Labute approximate surface area is 157 Å². The van der Waals surface area contributed by atoms with Gasteiger partial charge in [0.2, 0.25) is 5.91 Å². The lowest BCUT2D eigenvalue weighted by Crippen LogP contribution is -2.36. The molecule has 0 saturated carbocycles. The van der Waals surface area contributed by atoms with E-state index in [4.69, 9.17) is 10.5 Å². The first kappa shape index (κ1) is 21.1. The summed E-state index contributed by atoms with van der Waals surface area (Å²) in [5.74, 6) is -0.647. The van der Waals surface area contributed by atoms with Gasteiger partial charge < -0.3 is 15.8 Å². The highest BCUT2D eigenvalue weighted by Gasteiger charge is 2.17. The molecule has 1 aromatic heterocycles. The fraction of sp³-hybridized carbons (Fsp3) is 0.294. The van der Waals surface area contributed by atoms with Crippen LogP contribution in [0, 0.1) is 0 Å². The van der Waals surface area contributed by atoms with Crippen LogP contribution in [0.2, 0.25) is 0 Å². The number of thiophene rings is 1. The monoisotopic (exact) mass is 383 g/mol. The molecule has 0 unspecified atom stereocenters. The van der Waals surface area contributed by atoms with E-state index in [1.54, 1.807) is 11.4 Å². The van der Waals surface area contributed by atoms with Crippen molar-refractivity contribution in [2.75, 3.05) is 32.1 Å². The molecular weight excluding hydrogens is 362 g/mol. The summed E-state index contributed by atoms with van der Waals surface area (Å²) < 4.78 is 4.71. The average molecular weight is 384 g/mol. The number of hydrogen-bond donors (Lipinski definition) is 2. The lowest BCUT2D eigenvalue weighted by atomic mass is 10.2. The van der Waals surface area contributed by atoms with Gasteiger partial charge in [-0.25, -0.2) is 4.79 Å². The molecule has 0 atom stereocenters. The fourth-order valence-electron chi connectivity index (χ4n) is 2.29. The third-order valence-electron chi connectivity index (χ3n) is 3.37. The number of nitrogens with two attached hydrogens (primary N) is 1. The van der Waals surface area contributed by atoms with E-state index < -0.39 is 5.97 Å². The molecule has 0 aliphatic heterocycles. The maximum atomic E-state index is 12.3. The third-order valence-corrected chi connectivity index (χ3v) is 4.27.